The fourth-order valence-electron chi connectivity index (χ4n) is 1.47. The second kappa shape index (κ2) is 3.27. The molecule has 0 saturated carbocycles. The van der Waals surface area contributed by atoms with Crippen molar-refractivity contribution in [2.24, 2.45) is 0 Å². The number of hydrogen-bond acceptors (Lipinski definition) is 4. The molecule has 0 aliphatic carbocycles. The molecule has 0 radical (unpaired) electrons. The minimum absolute atomic E-state index is 0.174. The molecule has 5 heteroatoms. The van der Waals surface area contributed by atoms with Gasteiger partial charge in [0.25, 0.3) is 0 Å². The highest BCUT2D eigenvalue weighted by Gasteiger charge is 2.26. The molecule has 0 bridgehead atoms. The van der Waals surface area contributed by atoms with Gasteiger partial charge in [0.2, 0.25) is 0 Å². The van der Waals surface area contributed by atoms with Gasteiger partial charge in [-0.05, 0) is 11.4 Å². The smallest absolute Gasteiger partial charge is 0.196 e. The summed E-state index contributed by atoms with van der Waals surface area (Å²) in [7, 11) is 0. The van der Waals surface area contributed by atoms with Crippen molar-refractivity contribution < 1.29 is 13.9 Å². The van der Waals surface area contributed by atoms with Crippen molar-refractivity contribution in [3.63, 3.8) is 0 Å². The average molecular weight is 230 g/mol. The van der Waals surface area contributed by atoms with E-state index in [0.29, 0.717) is 22.8 Å². The Bertz CT molecular complexity index is 456. The molecule has 2 aromatic rings. The Morgan fingerprint density at radius 3 is 2.86 bits per heavy atom. The second-order valence-electron chi connectivity index (χ2n) is 2.97. The van der Waals surface area contributed by atoms with E-state index < -0.39 is 6.29 Å². The van der Waals surface area contributed by atoms with Crippen molar-refractivity contribution in [2.75, 3.05) is 13.2 Å². The molecule has 2 aromatic heterocycles. The summed E-state index contributed by atoms with van der Waals surface area (Å²) in [6.45, 7) is 1.10. The van der Waals surface area contributed by atoms with Crippen LogP contribution in [-0.2, 0) is 9.47 Å². The van der Waals surface area contributed by atoms with Crippen molar-refractivity contribution in [1.82, 2.24) is 0 Å². The van der Waals surface area contributed by atoms with Crippen LogP contribution in [0.1, 0.15) is 11.2 Å². The molecule has 3 rings (SSSR count). The molecular formula is C9H7FO2S2. The van der Waals surface area contributed by atoms with Crippen LogP contribution in [0.3, 0.4) is 0 Å². The first-order chi connectivity index (χ1) is 6.86. The summed E-state index contributed by atoms with van der Waals surface area (Å²) >= 11 is 2.83. The summed E-state index contributed by atoms with van der Waals surface area (Å²) in [5.41, 5.74) is 0. The zero-order chi connectivity index (χ0) is 9.54. The summed E-state index contributed by atoms with van der Waals surface area (Å²) in [6.07, 6.45) is -0.486. The van der Waals surface area contributed by atoms with E-state index in [4.69, 9.17) is 9.47 Å². The fourth-order valence-corrected chi connectivity index (χ4v) is 3.61. The molecular weight excluding hydrogens is 223 g/mol. The molecule has 0 amide bonds. The molecule has 14 heavy (non-hydrogen) atoms. The van der Waals surface area contributed by atoms with E-state index in [1.807, 2.05) is 11.4 Å². The van der Waals surface area contributed by atoms with E-state index in [1.54, 1.807) is 0 Å². The van der Waals surface area contributed by atoms with Crippen molar-refractivity contribution in [1.29, 1.82) is 0 Å². The molecule has 0 atom stereocenters. The quantitative estimate of drug-likeness (QED) is 0.749. The monoisotopic (exact) mass is 230 g/mol. The summed E-state index contributed by atoms with van der Waals surface area (Å²) in [6, 6.07) is 1.92. The first-order valence-corrected chi connectivity index (χ1v) is 5.94. The summed E-state index contributed by atoms with van der Waals surface area (Å²) < 4.78 is 26.0. The first-order valence-electron chi connectivity index (χ1n) is 4.25. The summed E-state index contributed by atoms with van der Waals surface area (Å²) in [4.78, 5) is 0.573. The summed E-state index contributed by atoms with van der Waals surface area (Å²) in [5.74, 6) is -0.174. The topological polar surface area (TPSA) is 18.5 Å². The molecule has 1 saturated heterocycles. The number of thiophene rings is 2. The second-order valence-corrected chi connectivity index (χ2v) is 4.97. The summed E-state index contributed by atoms with van der Waals surface area (Å²) in [5, 5.41) is 1.89. The minimum atomic E-state index is -0.486. The van der Waals surface area contributed by atoms with E-state index >= 15 is 0 Å². The highest BCUT2D eigenvalue weighted by molar-refractivity contribution is 7.27. The van der Waals surface area contributed by atoms with Gasteiger partial charge in [-0.15, -0.1) is 22.7 Å². The van der Waals surface area contributed by atoms with Gasteiger partial charge in [-0.25, -0.2) is 4.39 Å². The van der Waals surface area contributed by atoms with Crippen LogP contribution >= 0.6 is 22.7 Å². The zero-order valence-electron chi connectivity index (χ0n) is 7.16. The molecule has 0 N–H and O–H groups in total. The zero-order valence-corrected chi connectivity index (χ0v) is 8.79. The van der Waals surface area contributed by atoms with Gasteiger partial charge in [-0.2, -0.15) is 0 Å². The third kappa shape index (κ3) is 1.20. The number of fused-ring (bicyclic) bond motifs is 1. The molecule has 74 valence electrons. The Morgan fingerprint density at radius 2 is 2.14 bits per heavy atom. The minimum Gasteiger partial charge on any atom is -0.345 e. The molecule has 1 fully saturated rings. The lowest BCUT2D eigenvalue weighted by Crippen LogP contribution is -1.96. The van der Waals surface area contributed by atoms with E-state index in [9.17, 15) is 4.39 Å². The molecule has 1 aliphatic rings. The van der Waals surface area contributed by atoms with Gasteiger partial charge in [-0.3, -0.25) is 0 Å². The Labute approximate surface area is 87.9 Å². The maximum atomic E-state index is 13.8. The maximum absolute atomic E-state index is 13.8. The van der Waals surface area contributed by atoms with Gasteiger partial charge in [0.15, 0.2) is 12.1 Å². The Balaban J connectivity index is 2.11. The van der Waals surface area contributed by atoms with Crippen molar-refractivity contribution in [3.8, 4) is 0 Å². The fraction of sp³-hybridized carbons (Fsp3) is 0.333. The van der Waals surface area contributed by atoms with Crippen LogP contribution in [0.2, 0.25) is 0 Å². The number of ether oxygens (including phenoxy) is 2. The molecule has 0 aromatic carbocycles. The molecule has 3 heterocycles. The van der Waals surface area contributed by atoms with Gasteiger partial charge in [0.05, 0.1) is 22.8 Å². The van der Waals surface area contributed by atoms with Crippen molar-refractivity contribution >= 4 is 32.1 Å². The van der Waals surface area contributed by atoms with E-state index in [-0.39, 0.29) is 5.82 Å². The van der Waals surface area contributed by atoms with Crippen molar-refractivity contribution in [3.05, 3.63) is 22.1 Å². The van der Waals surface area contributed by atoms with Crippen LogP contribution in [0, 0.1) is 5.82 Å². The predicted octanol–water partition coefficient (Wildman–Crippen LogP) is 3.15. The Hall–Kier alpha value is -0.490. The standard InChI is InChI=1S/C9H7FO2S2/c10-6-7-5(1-4-13-7)14-8(6)9-11-2-3-12-9/h1,4,9H,2-3H2. The van der Waals surface area contributed by atoms with Gasteiger partial charge in [0, 0.05) is 4.70 Å². The van der Waals surface area contributed by atoms with E-state index in [2.05, 4.69) is 0 Å². The van der Waals surface area contributed by atoms with E-state index in [0.717, 1.165) is 4.70 Å². The Morgan fingerprint density at radius 1 is 1.36 bits per heavy atom. The van der Waals surface area contributed by atoms with Crippen LogP contribution in [0.25, 0.3) is 9.40 Å². The predicted molar refractivity (Wildman–Crippen MR) is 54.3 cm³/mol. The average Bonchev–Trinajstić information content (AvgIpc) is 2.84. The van der Waals surface area contributed by atoms with E-state index in [1.165, 1.54) is 22.7 Å². The first kappa shape index (κ1) is 8.79. The van der Waals surface area contributed by atoms with Crippen molar-refractivity contribution in [2.45, 2.75) is 6.29 Å². The number of halogens is 1. The normalized spacial score (nSPS) is 18.4. The van der Waals surface area contributed by atoms with Gasteiger partial charge in [-0.1, -0.05) is 0 Å². The van der Waals surface area contributed by atoms with Crippen LogP contribution in [0.5, 0.6) is 0 Å². The third-order valence-corrected chi connectivity index (χ3v) is 4.29. The third-order valence-electron chi connectivity index (χ3n) is 2.10. The SMILES string of the molecule is Fc1c(C2OCCO2)sc2ccsc12. The molecule has 2 nitrogen and oxygen atoms in total. The highest BCUT2D eigenvalue weighted by Crippen LogP contribution is 2.39. The van der Waals surface area contributed by atoms with Crippen LogP contribution in [0.4, 0.5) is 4.39 Å². The van der Waals surface area contributed by atoms with Crippen LogP contribution in [-0.4, -0.2) is 13.2 Å². The lowest BCUT2D eigenvalue weighted by atomic mass is 10.4. The highest BCUT2D eigenvalue weighted by atomic mass is 32.1. The van der Waals surface area contributed by atoms with Gasteiger partial charge >= 0.3 is 0 Å². The molecule has 1 aliphatic heterocycles. The lowest BCUT2D eigenvalue weighted by molar-refractivity contribution is -0.0433. The largest absolute Gasteiger partial charge is 0.345 e. The van der Waals surface area contributed by atoms with Crippen LogP contribution in [0.15, 0.2) is 11.4 Å². The lowest BCUT2D eigenvalue weighted by Gasteiger charge is -2.05. The van der Waals surface area contributed by atoms with Gasteiger partial charge < -0.3 is 9.47 Å². The maximum Gasteiger partial charge on any atom is 0.196 e. The Kier molecular flexibility index (Phi) is 2.05. The van der Waals surface area contributed by atoms with Crippen LogP contribution < -0.4 is 0 Å². The number of rotatable bonds is 1. The number of hydrogen-bond donors (Lipinski definition) is 0. The van der Waals surface area contributed by atoms with Gasteiger partial charge in [0.1, 0.15) is 0 Å². The molecule has 0 unspecified atom stereocenters. The molecule has 0 spiro atoms.